The van der Waals surface area contributed by atoms with Crippen LogP contribution < -0.4 is 0 Å². The monoisotopic (exact) mass is 372 g/mol. The van der Waals surface area contributed by atoms with Crippen molar-refractivity contribution >= 4 is 5.97 Å². The number of carbonyl (C=O) groups excluding carboxylic acids is 1. The van der Waals surface area contributed by atoms with Gasteiger partial charge in [-0.2, -0.15) is 22.0 Å². The maximum atomic E-state index is 12.2. The maximum Gasteiger partial charge on any atom is 0.428 e. The molecule has 0 amide bonds. The lowest BCUT2D eigenvalue weighted by Gasteiger charge is -2.10. The Hall–Kier alpha value is -1.14. The van der Waals surface area contributed by atoms with E-state index >= 15 is 0 Å². The van der Waals surface area contributed by atoms with Crippen molar-refractivity contribution in [3.8, 4) is 0 Å². The normalized spacial score (nSPS) is 11.4. The van der Waals surface area contributed by atoms with Gasteiger partial charge in [-0.05, 0) is 6.42 Å². The molecule has 0 aromatic heterocycles. The molecule has 0 aliphatic rings. The highest BCUT2D eigenvalue weighted by Gasteiger charge is 2.44. The lowest BCUT2D eigenvalue weighted by atomic mass is 10.1. The molecule has 0 heterocycles. The van der Waals surface area contributed by atoms with E-state index in [0.717, 1.165) is 19.3 Å². The predicted molar refractivity (Wildman–Crippen MR) is 87.3 cm³/mol. The van der Waals surface area contributed by atoms with Crippen LogP contribution in [0.25, 0.3) is 0 Å². The highest BCUT2D eigenvalue weighted by atomic mass is 19.4. The molecule has 0 aliphatic heterocycles. The zero-order valence-electron chi connectivity index (χ0n) is 14.9. The van der Waals surface area contributed by atoms with Gasteiger partial charge in [0.25, 0.3) is 6.08 Å². The summed E-state index contributed by atoms with van der Waals surface area (Å²) in [4.78, 5) is 11.1. The fraction of sp³-hybridized carbons (Fsp3) is 0.833. The number of hydrogen-bond acceptors (Lipinski definition) is 2. The molecule has 0 saturated carbocycles. The third-order valence-corrected chi connectivity index (χ3v) is 3.91. The molecule has 0 atom stereocenters. The minimum absolute atomic E-state index is 0.275. The van der Waals surface area contributed by atoms with Crippen molar-refractivity contribution in [1.29, 1.82) is 0 Å². The van der Waals surface area contributed by atoms with E-state index in [0.29, 0.717) is 12.8 Å². The van der Waals surface area contributed by atoms with E-state index in [9.17, 15) is 26.7 Å². The Labute approximate surface area is 146 Å². The van der Waals surface area contributed by atoms with Gasteiger partial charge in [0.1, 0.15) is 0 Å². The van der Waals surface area contributed by atoms with E-state index in [-0.39, 0.29) is 6.61 Å². The third kappa shape index (κ3) is 12.8. The summed E-state index contributed by atoms with van der Waals surface area (Å²) in [6, 6.07) is 0. The summed E-state index contributed by atoms with van der Waals surface area (Å²) in [5.74, 6) is -2.00. The van der Waals surface area contributed by atoms with Gasteiger partial charge < -0.3 is 4.74 Å². The van der Waals surface area contributed by atoms with E-state index in [1.54, 1.807) is 0 Å². The molecular formula is C18H29F5O2. The van der Waals surface area contributed by atoms with Crippen molar-refractivity contribution in [2.75, 3.05) is 6.61 Å². The average molecular weight is 372 g/mol. The summed E-state index contributed by atoms with van der Waals surface area (Å²) >= 11 is 0. The molecule has 0 bridgehead atoms. The zero-order valence-corrected chi connectivity index (χ0v) is 14.9. The van der Waals surface area contributed by atoms with Crippen molar-refractivity contribution in [1.82, 2.24) is 0 Å². The van der Waals surface area contributed by atoms with Gasteiger partial charge in [-0.15, -0.1) is 0 Å². The second kappa shape index (κ2) is 14.1. The Morgan fingerprint density at radius 2 is 1.16 bits per heavy atom. The van der Waals surface area contributed by atoms with Crippen LogP contribution in [-0.2, 0) is 9.53 Å². The third-order valence-electron chi connectivity index (χ3n) is 3.91. The predicted octanol–water partition coefficient (Wildman–Crippen LogP) is 6.94. The van der Waals surface area contributed by atoms with Crippen molar-refractivity contribution in [3.05, 3.63) is 11.7 Å². The number of carbonyl (C=O) groups is 1. The quantitative estimate of drug-likeness (QED) is 0.143. The van der Waals surface area contributed by atoms with Crippen LogP contribution in [0.2, 0.25) is 0 Å². The number of halogens is 5. The summed E-state index contributed by atoms with van der Waals surface area (Å²) in [6.45, 7) is 1.91. The number of hydrogen-bond donors (Lipinski definition) is 0. The van der Waals surface area contributed by atoms with Crippen molar-refractivity contribution < 1.29 is 31.5 Å². The first-order chi connectivity index (χ1) is 11.8. The summed E-state index contributed by atoms with van der Waals surface area (Å²) in [7, 11) is 0. The molecule has 0 N–H and O–H groups in total. The van der Waals surface area contributed by atoms with Crippen LogP contribution in [0.4, 0.5) is 22.0 Å². The first kappa shape index (κ1) is 23.9. The lowest BCUT2D eigenvalue weighted by Crippen LogP contribution is -2.23. The SMILES string of the molecule is CCCCCCCCCCCCCCOC(=O)C(=C(F)F)C(F)(F)F. The molecule has 25 heavy (non-hydrogen) atoms. The molecule has 0 spiro atoms. The molecule has 0 fully saturated rings. The molecule has 0 aromatic rings. The number of ether oxygens (including phenoxy) is 1. The fourth-order valence-electron chi connectivity index (χ4n) is 2.48. The molecular weight excluding hydrogens is 343 g/mol. The molecule has 148 valence electrons. The smallest absolute Gasteiger partial charge is 0.428 e. The zero-order chi connectivity index (χ0) is 19.1. The highest BCUT2D eigenvalue weighted by Crippen LogP contribution is 2.30. The standard InChI is InChI=1S/C18H29F5O2/c1-2-3-4-5-6-7-8-9-10-11-12-13-14-25-17(24)15(16(19)20)18(21,22)23/h2-14H2,1H3. The van der Waals surface area contributed by atoms with Crippen molar-refractivity contribution in [2.24, 2.45) is 0 Å². The van der Waals surface area contributed by atoms with E-state index in [4.69, 9.17) is 0 Å². The molecule has 0 rings (SSSR count). The first-order valence-electron chi connectivity index (χ1n) is 9.10. The summed E-state index contributed by atoms with van der Waals surface area (Å²) in [5, 5.41) is 0. The molecule has 2 nitrogen and oxygen atoms in total. The fourth-order valence-corrected chi connectivity index (χ4v) is 2.48. The number of alkyl halides is 3. The van der Waals surface area contributed by atoms with Crippen LogP contribution >= 0.6 is 0 Å². The summed E-state index contributed by atoms with van der Waals surface area (Å²) in [5.41, 5.74) is -2.51. The molecule has 0 radical (unpaired) electrons. The minimum atomic E-state index is -5.40. The van der Waals surface area contributed by atoms with Gasteiger partial charge in [-0.25, -0.2) is 4.79 Å². The van der Waals surface area contributed by atoms with Gasteiger partial charge in [-0.1, -0.05) is 77.6 Å². The summed E-state index contributed by atoms with van der Waals surface area (Å²) in [6.07, 6.45) is 4.43. The number of rotatable bonds is 14. The number of esters is 1. The van der Waals surface area contributed by atoms with Crippen molar-refractivity contribution in [2.45, 2.75) is 90.1 Å². The second-order valence-electron chi connectivity index (χ2n) is 6.16. The summed E-state index contributed by atoms with van der Waals surface area (Å²) < 4.78 is 65.4. The van der Waals surface area contributed by atoms with Gasteiger partial charge in [0, 0.05) is 0 Å². The maximum absolute atomic E-state index is 12.2. The largest absolute Gasteiger partial charge is 0.462 e. The van der Waals surface area contributed by atoms with Crippen LogP contribution in [0.5, 0.6) is 0 Å². The van der Waals surface area contributed by atoms with E-state index in [1.165, 1.54) is 44.9 Å². The molecule has 7 heteroatoms. The Morgan fingerprint density at radius 3 is 1.52 bits per heavy atom. The second-order valence-corrected chi connectivity index (χ2v) is 6.16. The van der Waals surface area contributed by atoms with Gasteiger partial charge in [-0.3, -0.25) is 0 Å². The van der Waals surface area contributed by atoms with Gasteiger partial charge in [0.15, 0.2) is 0 Å². The van der Waals surface area contributed by atoms with Crippen LogP contribution in [0.1, 0.15) is 84.0 Å². The Kier molecular flexibility index (Phi) is 13.4. The van der Waals surface area contributed by atoms with E-state index < -0.39 is 23.8 Å². The van der Waals surface area contributed by atoms with Crippen LogP contribution in [-0.4, -0.2) is 18.8 Å². The molecule has 0 unspecified atom stereocenters. The lowest BCUT2D eigenvalue weighted by molar-refractivity contribution is -0.152. The topological polar surface area (TPSA) is 26.3 Å². The van der Waals surface area contributed by atoms with Gasteiger partial charge >= 0.3 is 12.1 Å². The number of unbranched alkanes of at least 4 members (excludes halogenated alkanes) is 11. The molecule has 0 aliphatic carbocycles. The van der Waals surface area contributed by atoms with Crippen LogP contribution in [0.15, 0.2) is 11.7 Å². The first-order valence-corrected chi connectivity index (χ1v) is 9.10. The van der Waals surface area contributed by atoms with Crippen LogP contribution in [0, 0.1) is 0 Å². The Bertz CT molecular complexity index is 387. The highest BCUT2D eigenvalue weighted by molar-refractivity contribution is 5.90. The molecule has 0 saturated heterocycles. The Morgan fingerprint density at radius 1 is 0.760 bits per heavy atom. The van der Waals surface area contributed by atoms with E-state index in [1.807, 2.05) is 0 Å². The van der Waals surface area contributed by atoms with Crippen molar-refractivity contribution in [3.63, 3.8) is 0 Å². The molecule has 0 aromatic carbocycles. The average Bonchev–Trinajstić information content (AvgIpc) is 2.50. The van der Waals surface area contributed by atoms with Gasteiger partial charge in [0.05, 0.1) is 6.61 Å². The Balaban J connectivity index is 3.58. The van der Waals surface area contributed by atoms with Gasteiger partial charge in [0.2, 0.25) is 5.57 Å². The minimum Gasteiger partial charge on any atom is -0.462 e. The van der Waals surface area contributed by atoms with Crippen LogP contribution in [0.3, 0.4) is 0 Å². The van der Waals surface area contributed by atoms with E-state index in [2.05, 4.69) is 11.7 Å².